The lowest BCUT2D eigenvalue weighted by molar-refractivity contribution is -0.124. The molecule has 0 saturated carbocycles. The molecule has 1 amide bonds. The lowest BCUT2D eigenvalue weighted by Gasteiger charge is -2.08. The van der Waals surface area contributed by atoms with Crippen molar-refractivity contribution >= 4 is 54.0 Å². The zero-order valence-corrected chi connectivity index (χ0v) is 13.8. The van der Waals surface area contributed by atoms with Crippen molar-refractivity contribution in [1.29, 1.82) is 0 Å². The molecule has 114 valence electrons. The first-order valence-corrected chi connectivity index (χ1v) is 8.55. The number of benzene rings is 1. The number of carbonyl (C=O) groups excluding carboxylic acids is 2. The van der Waals surface area contributed by atoms with E-state index in [-0.39, 0.29) is 18.6 Å². The van der Waals surface area contributed by atoms with E-state index in [1.54, 1.807) is 11.3 Å². The highest BCUT2D eigenvalue weighted by atomic mass is 32.1. The molecule has 0 aliphatic rings. The number of hydrogen-bond acceptors (Lipinski definition) is 5. The molecular formula is C16H15NO3S2. The van der Waals surface area contributed by atoms with Crippen molar-refractivity contribution in [2.75, 3.05) is 6.61 Å². The minimum Gasteiger partial charge on any atom is -0.451 e. The predicted molar refractivity (Wildman–Crippen MR) is 90.8 cm³/mol. The third-order valence-electron chi connectivity index (χ3n) is 3.03. The number of nitrogens with one attached hydrogen (secondary N) is 1. The highest BCUT2D eigenvalue weighted by Crippen LogP contribution is 2.39. The Morgan fingerprint density at radius 1 is 1.18 bits per heavy atom. The summed E-state index contributed by atoms with van der Waals surface area (Å²) >= 11 is 3.07. The van der Waals surface area contributed by atoms with Gasteiger partial charge in [-0.3, -0.25) is 4.79 Å². The number of esters is 1. The van der Waals surface area contributed by atoms with Crippen molar-refractivity contribution in [2.24, 2.45) is 0 Å². The molecule has 3 rings (SSSR count). The second-order valence-electron chi connectivity index (χ2n) is 5.20. The number of ether oxygens (including phenoxy) is 1. The zero-order valence-electron chi connectivity index (χ0n) is 12.2. The van der Waals surface area contributed by atoms with E-state index in [0.29, 0.717) is 4.88 Å². The van der Waals surface area contributed by atoms with Gasteiger partial charge in [-0.1, -0.05) is 18.2 Å². The lowest BCUT2D eigenvalue weighted by atomic mass is 10.2. The van der Waals surface area contributed by atoms with E-state index >= 15 is 0 Å². The number of thiophene rings is 2. The fraction of sp³-hybridized carbons (Fsp3) is 0.250. The third kappa shape index (κ3) is 2.98. The Kier molecular flexibility index (Phi) is 4.13. The van der Waals surface area contributed by atoms with Crippen LogP contribution in [0.15, 0.2) is 30.3 Å². The van der Waals surface area contributed by atoms with Crippen molar-refractivity contribution in [2.45, 2.75) is 19.9 Å². The van der Waals surface area contributed by atoms with E-state index in [1.807, 2.05) is 32.0 Å². The largest absolute Gasteiger partial charge is 0.451 e. The Balaban J connectivity index is 1.76. The van der Waals surface area contributed by atoms with Crippen LogP contribution in [-0.4, -0.2) is 24.5 Å². The first-order valence-electron chi connectivity index (χ1n) is 6.92. The topological polar surface area (TPSA) is 55.4 Å². The summed E-state index contributed by atoms with van der Waals surface area (Å²) in [4.78, 5) is 24.1. The molecule has 0 bridgehead atoms. The lowest BCUT2D eigenvalue weighted by Crippen LogP contribution is -2.33. The molecule has 6 heteroatoms. The van der Waals surface area contributed by atoms with Crippen molar-refractivity contribution < 1.29 is 14.3 Å². The first kappa shape index (κ1) is 15.0. The Labute approximate surface area is 135 Å². The Hall–Kier alpha value is -1.92. The Morgan fingerprint density at radius 3 is 2.73 bits per heavy atom. The van der Waals surface area contributed by atoms with Crippen LogP contribution in [0.3, 0.4) is 0 Å². The van der Waals surface area contributed by atoms with Gasteiger partial charge >= 0.3 is 5.97 Å². The molecule has 4 nitrogen and oxygen atoms in total. The monoisotopic (exact) mass is 333 g/mol. The van der Waals surface area contributed by atoms with E-state index in [1.165, 1.54) is 16.0 Å². The molecule has 0 unspecified atom stereocenters. The van der Waals surface area contributed by atoms with Gasteiger partial charge in [0.15, 0.2) is 6.61 Å². The molecule has 0 fully saturated rings. The summed E-state index contributed by atoms with van der Waals surface area (Å²) in [6, 6.07) is 9.99. The summed E-state index contributed by atoms with van der Waals surface area (Å²) in [5, 5.41) is 3.84. The maximum Gasteiger partial charge on any atom is 0.348 e. The molecule has 3 aromatic rings. The standard InChI is InChI=1S/C16H15NO3S2/c1-9(2)17-14(18)8-20-16(19)13-7-12-15(22-13)10-5-3-4-6-11(10)21-12/h3-7,9H,8H2,1-2H3,(H,17,18). The molecule has 0 saturated heterocycles. The van der Waals surface area contributed by atoms with E-state index in [9.17, 15) is 9.59 Å². The number of fused-ring (bicyclic) bond motifs is 3. The normalized spacial score (nSPS) is 11.2. The van der Waals surface area contributed by atoms with Crippen LogP contribution in [0.25, 0.3) is 19.5 Å². The van der Waals surface area contributed by atoms with Crippen molar-refractivity contribution in [3.63, 3.8) is 0 Å². The minimum atomic E-state index is -0.448. The van der Waals surface area contributed by atoms with Gasteiger partial charge in [0.05, 0.1) is 4.70 Å². The van der Waals surface area contributed by atoms with Crippen LogP contribution in [0.2, 0.25) is 0 Å². The molecule has 2 heterocycles. The van der Waals surface area contributed by atoms with Crippen LogP contribution < -0.4 is 5.32 Å². The molecule has 0 atom stereocenters. The van der Waals surface area contributed by atoms with Crippen LogP contribution in [-0.2, 0) is 9.53 Å². The van der Waals surface area contributed by atoms with Gasteiger partial charge in [-0.05, 0) is 26.0 Å². The summed E-state index contributed by atoms with van der Waals surface area (Å²) in [5.41, 5.74) is 0. The van der Waals surface area contributed by atoms with E-state index < -0.39 is 5.97 Å². The number of hydrogen-bond donors (Lipinski definition) is 1. The highest BCUT2D eigenvalue weighted by Gasteiger charge is 2.16. The summed E-state index contributed by atoms with van der Waals surface area (Å²) in [7, 11) is 0. The Morgan fingerprint density at radius 2 is 1.95 bits per heavy atom. The maximum atomic E-state index is 12.1. The van der Waals surface area contributed by atoms with E-state index in [2.05, 4.69) is 17.4 Å². The van der Waals surface area contributed by atoms with Crippen molar-refractivity contribution in [3.8, 4) is 0 Å². The average molecular weight is 333 g/mol. The number of carbonyl (C=O) groups is 2. The SMILES string of the molecule is CC(C)NC(=O)COC(=O)c1cc2sc3ccccc3c2s1. The fourth-order valence-corrected chi connectivity index (χ4v) is 4.58. The summed E-state index contributed by atoms with van der Waals surface area (Å²) < 4.78 is 8.44. The van der Waals surface area contributed by atoms with Gasteiger partial charge < -0.3 is 10.1 Å². The molecule has 0 aliphatic heterocycles. The minimum absolute atomic E-state index is 0.0321. The van der Waals surface area contributed by atoms with Gasteiger partial charge in [0.2, 0.25) is 0 Å². The maximum absolute atomic E-state index is 12.1. The van der Waals surface area contributed by atoms with Crippen LogP contribution in [0, 0.1) is 0 Å². The summed E-state index contributed by atoms with van der Waals surface area (Å²) in [5.74, 6) is -0.733. The van der Waals surface area contributed by atoms with Gasteiger partial charge in [0, 0.05) is 20.8 Å². The van der Waals surface area contributed by atoms with E-state index in [4.69, 9.17) is 4.74 Å². The molecule has 0 radical (unpaired) electrons. The van der Waals surface area contributed by atoms with Gasteiger partial charge in [-0.2, -0.15) is 0 Å². The van der Waals surface area contributed by atoms with Crippen LogP contribution in [0.1, 0.15) is 23.5 Å². The van der Waals surface area contributed by atoms with Gasteiger partial charge in [-0.15, -0.1) is 22.7 Å². The molecule has 1 N–H and O–H groups in total. The predicted octanol–water partition coefficient (Wildman–Crippen LogP) is 3.80. The molecule has 1 aromatic carbocycles. The van der Waals surface area contributed by atoms with Gasteiger partial charge in [-0.25, -0.2) is 4.79 Å². The zero-order chi connectivity index (χ0) is 15.7. The Bertz CT molecular complexity index is 847. The number of rotatable bonds is 4. The number of amides is 1. The van der Waals surface area contributed by atoms with E-state index in [0.717, 1.165) is 14.8 Å². The third-order valence-corrected chi connectivity index (χ3v) is 5.43. The smallest absolute Gasteiger partial charge is 0.348 e. The van der Waals surface area contributed by atoms with Crippen LogP contribution >= 0.6 is 22.7 Å². The van der Waals surface area contributed by atoms with Gasteiger partial charge in [0.25, 0.3) is 5.91 Å². The van der Waals surface area contributed by atoms with Gasteiger partial charge in [0.1, 0.15) is 4.88 Å². The average Bonchev–Trinajstić information content (AvgIpc) is 3.01. The first-order chi connectivity index (χ1) is 10.5. The summed E-state index contributed by atoms with van der Waals surface area (Å²) in [6.45, 7) is 3.47. The van der Waals surface area contributed by atoms with Crippen molar-refractivity contribution in [1.82, 2.24) is 5.32 Å². The molecule has 0 spiro atoms. The quantitative estimate of drug-likeness (QED) is 0.739. The molecular weight excluding hydrogens is 318 g/mol. The molecule has 2 aromatic heterocycles. The fourth-order valence-electron chi connectivity index (χ4n) is 2.17. The molecule has 22 heavy (non-hydrogen) atoms. The molecule has 0 aliphatic carbocycles. The second-order valence-corrected chi connectivity index (χ2v) is 7.34. The van der Waals surface area contributed by atoms with Crippen molar-refractivity contribution in [3.05, 3.63) is 35.2 Å². The highest BCUT2D eigenvalue weighted by molar-refractivity contribution is 7.33. The second kappa shape index (κ2) is 6.06. The van der Waals surface area contributed by atoms with Crippen LogP contribution in [0.4, 0.5) is 0 Å². The summed E-state index contributed by atoms with van der Waals surface area (Å²) in [6.07, 6.45) is 0. The van der Waals surface area contributed by atoms with Crippen LogP contribution in [0.5, 0.6) is 0 Å².